The molecular weight excluding hydrogens is 293 g/mol. The summed E-state index contributed by atoms with van der Waals surface area (Å²) in [6.45, 7) is -0.930. The van der Waals surface area contributed by atoms with Crippen LogP contribution in [0.1, 0.15) is 16.7 Å². The molecule has 0 fully saturated rings. The van der Waals surface area contributed by atoms with Gasteiger partial charge in [-0.3, -0.25) is 0 Å². The van der Waals surface area contributed by atoms with E-state index >= 15 is 0 Å². The van der Waals surface area contributed by atoms with Crippen molar-refractivity contribution in [2.45, 2.75) is 25.5 Å². The van der Waals surface area contributed by atoms with Crippen LogP contribution in [0.3, 0.4) is 0 Å². The molecule has 0 spiro atoms. The number of aliphatic hydroxyl groups excluding tert-OH is 2. The molecule has 1 aliphatic rings. The number of benzene rings is 1. The van der Waals surface area contributed by atoms with Crippen molar-refractivity contribution in [2.75, 3.05) is 0 Å². The van der Waals surface area contributed by atoms with Crippen LogP contribution in [0.5, 0.6) is 5.75 Å². The fourth-order valence-electron chi connectivity index (χ4n) is 2.05. The molecule has 0 saturated heterocycles. The Kier molecular flexibility index (Phi) is 3.93. The summed E-state index contributed by atoms with van der Waals surface area (Å²) in [6, 6.07) is 2.45. The third-order valence-corrected chi connectivity index (χ3v) is 3.06. The van der Waals surface area contributed by atoms with Gasteiger partial charge in [-0.1, -0.05) is 0 Å². The number of carboxylic acids is 1. The van der Waals surface area contributed by atoms with Crippen LogP contribution in [0.25, 0.3) is 6.08 Å². The first-order valence-corrected chi connectivity index (χ1v) is 5.83. The van der Waals surface area contributed by atoms with Crippen molar-refractivity contribution in [2.24, 2.45) is 0 Å². The number of aliphatic hydroxyl groups is 2. The standard InChI is InChI=1S/C13H11F3O5/c14-13(15,16)11-9(12(19)20)2-6-1-7(4-17)8(5-18)3-10(6)21-11/h1-3,11,17-18H,4-5H2,(H,19,20). The van der Waals surface area contributed by atoms with Crippen LogP contribution >= 0.6 is 0 Å². The number of rotatable bonds is 3. The van der Waals surface area contributed by atoms with Gasteiger partial charge in [-0.2, -0.15) is 13.2 Å². The Morgan fingerprint density at radius 3 is 2.24 bits per heavy atom. The molecule has 0 bridgehead atoms. The Hall–Kier alpha value is -2.06. The third-order valence-electron chi connectivity index (χ3n) is 3.06. The Balaban J connectivity index is 2.58. The van der Waals surface area contributed by atoms with Crippen LogP contribution in [0.4, 0.5) is 13.2 Å². The van der Waals surface area contributed by atoms with Gasteiger partial charge < -0.3 is 20.1 Å². The quantitative estimate of drug-likeness (QED) is 0.787. The molecule has 0 radical (unpaired) electrons. The summed E-state index contributed by atoms with van der Waals surface area (Å²) in [5, 5.41) is 27.1. The smallest absolute Gasteiger partial charge is 0.430 e. The molecule has 1 unspecified atom stereocenters. The van der Waals surface area contributed by atoms with E-state index in [1.54, 1.807) is 0 Å². The first-order chi connectivity index (χ1) is 9.77. The molecule has 0 amide bonds. The van der Waals surface area contributed by atoms with E-state index in [-0.39, 0.29) is 22.4 Å². The topological polar surface area (TPSA) is 87.0 Å². The van der Waals surface area contributed by atoms with E-state index in [4.69, 9.17) is 20.1 Å². The van der Waals surface area contributed by atoms with Crippen molar-refractivity contribution >= 4 is 12.0 Å². The molecule has 1 heterocycles. The number of halogens is 3. The lowest BCUT2D eigenvalue weighted by atomic mass is 9.97. The minimum absolute atomic E-state index is 0.106. The Morgan fingerprint density at radius 1 is 1.19 bits per heavy atom. The van der Waals surface area contributed by atoms with Crippen molar-refractivity contribution in [3.8, 4) is 5.75 Å². The number of fused-ring (bicyclic) bond motifs is 1. The third kappa shape index (κ3) is 2.86. The van der Waals surface area contributed by atoms with Gasteiger partial charge in [0.15, 0.2) is 0 Å². The molecule has 114 valence electrons. The van der Waals surface area contributed by atoms with Gasteiger partial charge in [-0.05, 0) is 29.3 Å². The Morgan fingerprint density at radius 2 is 1.76 bits per heavy atom. The van der Waals surface area contributed by atoms with Gasteiger partial charge in [0.1, 0.15) is 5.75 Å². The molecule has 0 saturated carbocycles. The van der Waals surface area contributed by atoms with E-state index in [1.165, 1.54) is 6.07 Å². The number of hydrogen-bond donors (Lipinski definition) is 3. The molecule has 0 aliphatic carbocycles. The minimum Gasteiger partial charge on any atom is -0.478 e. The van der Waals surface area contributed by atoms with E-state index in [9.17, 15) is 18.0 Å². The maximum absolute atomic E-state index is 12.9. The van der Waals surface area contributed by atoms with Gasteiger partial charge in [0.25, 0.3) is 0 Å². The Labute approximate surface area is 116 Å². The number of carbonyl (C=O) groups is 1. The second-order valence-electron chi connectivity index (χ2n) is 4.42. The van der Waals surface area contributed by atoms with Gasteiger partial charge in [0, 0.05) is 5.56 Å². The number of ether oxygens (including phenoxy) is 1. The summed E-state index contributed by atoms with van der Waals surface area (Å²) >= 11 is 0. The SMILES string of the molecule is O=C(O)C1=Cc2cc(CO)c(CO)cc2OC1C(F)(F)F. The summed E-state index contributed by atoms with van der Waals surface area (Å²) in [6.07, 6.45) is -6.59. The summed E-state index contributed by atoms with van der Waals surface area (Å²) < 4.78 is 43.3. The van der Waals surface area contributed by atoms with Crippen molar-refractivity contribution < 1.29 is 38.0 Å². The highest BCUT2D eigenvalue weighted by Crippen LogP contribution is 2.38. The van der Waals surface area contributed by atoms with E-state index in [1.807, 2.05) is 0 Å². The largest absolute Gasteiger partial charge is 0.478 e. The molecule has 3 N–H and O–H groups in total. The first-order valence-electron chi connectivity index (χ1n) is 5.83. The second-order valence-corrected chi connectivity index (χ2v) is 4.42. The molecular formula is C13H11F3O5. The van der Waals surface area contributed by atoms with Crippen molar-refractivity contribution in [1.82, 2.24) is 0 Å². The highest BCUT2D eigenvalue weighted by atomic mass is 19.4. The summed E-state index contributed by atoms with van der Waals surface area (Å²) in [5.41, 5.74) is -0.333. The van der Waals surface area contributed by atoms with E-state index in [0.717, 1.165) is 12.1 Å². The lowest BCUT2D eigenvalue weighted by molar-refractivity contribution is -0.187. The molecule has 2 rings (SSSR count). The lowest BCUT2D eigenvalue weighted by Gasteiger charge is -2.27. The summed E-state index contributed by atoms with van der Waals surface area (Å²) in [7, 11) is 0. The fraction of sp³-hybridized carbons (Fsp3) is 0.308. The Bertz CT molecular complexity index is 607. The number of alkyl halides is 3. The van der Waals surface area contributed by atoms with Crippen LogP contribution in [0, 0.1) is 0 Å². The maximum Gasteiger partial charge on any atom is 0.430 e. The molecule has 1 aromatic rings. The van der Waals surface area contributed by atoms with Gasteiger partial charge in [0.05, 0.1) is 18.8 Å². The van der Waals surface area contributed by atoms with Crippen LogP contribution < -0.4 is 4.74 Å². The molecule has 1 aliphatic heterocycles. The van der Waals surface area contributed by atoms with Gasteiger partial charge in [0.2, 0.25) is 6.10 Å². The number of hydrogen-bond acceptors (Lipinski definition) is 4. The zero-order valence-corrected chi connectivity index (χ0v) is 10.5. The van der Waals surface area contributed by atoms with Gasteiger partial charge >= 0.3 is 12.1 Å². The summed E-state index contributed by atoms with van der Waals surface area (Å²) in [5.74, 6) is -1.93. The van der Waals surface area contributed by atoms with E-state index < -0.39 is 37.0 Å². The van der Waals surface area contributed by atoms with Crippen molar-refractivity contribution in [3.63, 3.8) is 0 Å². The van der Waals surface area contributed by atoms with Crippen LogP contribution in [-0.2, 0) is 18.0 Å². The first kappa shape index (κ1) is 15.3. The van der Waals surface area contributed by atoms with Crippen LogP contribution in [0.2, 0.25) is 0 Å². The van der Waals surface area contributed by atoms with Gasteiger partial charge in [-0.15, -0.1) is 0 Å². The number of carboxylic acid groups (broad SMARTS) is 1. The second kappa shape index (κ2) is 5.38. The average Bonchev–Trinajstić information content (AvgIpc) is 2.43. The number of aliphatic carboxylic acids is 1. The van der Waals surface area contributed by atoms with Crippen molar-refractivity contribution in [1.29, 1.82) is 0 Å². The van der Waals surface area contributed by atoms with E-state index in [0.29, 0.717) is 0 Å². The average molecular weight is 304 g/mol. The zero-order chi connectivity index (χ0) is 15.8. The van der Waals surface area contributed by atoms with Crippen LogP contribution in [0.15, 0.2) is 17.7 Å². The lowest BCUT2D eigenvalue weighted by Crippen LogP contribution is -2.40. The molecule has 1 aromatic carbocycles. The predicted molar refractivity (Wildman–Crippen MR) is 64.4 cm³/mol. The van der Waals surface area contributed by atoms with Gasteiger partial charge in [-0.25, -0.2) is 4.79 Å². The molecule has 8 heteroatoms. The van der Waals surface area contributed by atoms with Crippen LogP contribution in [-0.4, -0.2) is 33.6 Å². The summed E-state index contributed by atoms with van der Waals surface area (Å²) in [4.78, 5) is 11.0. The highest BCUT2D eigenvalue weighted by Gasteiger charge is 2.48. The molecule has 21 heavy (non-hydrogen) atoms. The zero-order valence-electron chi connectivity index (χ0n) is 10.5. The molecule has 0 aromatic heterocycles. The van der Waals surface area contributed by atoms with E-state index in [2.05, 4.69) is 0 Å². The highest BCUT2D eigenvalue weighted by molar-refractivity contribution is 5.95. The maximum atomic E-state index is 12.9. The minimum atomic E-state index is -4.88. The predicted octanol–water partition coefficient (Wildman–Crippen LogP) is 1.46. The van der Waals surface area contributed by atoms with Crippen molar-refractivity contribution in [3.05, 3.63) is 34.4 Å². The monoisotopic (exact) mass is 304 g/mol. The molecule has 1 atom stereocenters. The molecule has 5 nitrogen and oxygen atoms in total. The fourth-order valence-corrected chi connectivity index (χ4v) is 2.05. The normalized spacial score (nSPS) is 17.8.